The lowest BCUT2D eigenvalue weighted by molar-refractivity contribution is 0.0940. The van der Waals surface area contributed by atoms with E-state index in [1.54, 1.807) is 55.6 Å². The molecule has 1 N–H and O–H groups in total. The van der Waals surface area contributed by atoms with E-state index < -0.39 is 10.0 Å². The predicted octanol–water partition coefficient (Wildman–Crippen LogP) is 4.81. The highest BCUT2D eigenvalue weighted by atomic mass is 35.5. The Morgan fingerprint density at radius 2 is 1.66 bits per heavy atom. The van der Waals surface area contributed by atoms with Crippen LogP contribution < -0.4 is 14.4 Å². The topological polar surface area (TPSA) is 75.7 Å². The molecule has 32 heavy (non-hydrogen) atoms. The number of halogens is 1. The molecule has 0 aliphatic heterocycles. The molecule has 0 aromatic heterocycles. The lowest BCUT2D eigenvalue weighted by Crippen LogP contribution is -2.30. The molecule has 168 valence electrons. The molecule has 1 unspecified atom stereocenters. The summed E-state index contributed by atoms with van der Waals surface area (Å²) >= 11 is 6.21. The average molecular weight is 473 g/mol. The van der Waals surface area contributed by atoms with Gasteiger partial charge >= 0.3 is 0 Å². The third-order valence-electron chi connectivity index (χ3n) is 5.05. The average Bonchev–Trinajstić information content (AvgIpc) is 2.78. The summed E-state index contributed by atoms with van der Waals surface area (Å²) in [4.78, 5) is 12.7. The van der Waals surface area contributed by atoms with Crippen LogP contribution in [0.25, 0.3) is 0 Å². The molecule has 0 saturated carbocycles. The second-order valence-electron chi connectivity index (χ2n) is 7.38. The minimum Gasteiger partial charge on any atom is -0.497 e. The van der Waals surface area contributed by atoms with E-state index in [0.29, 0.717) is 21.8 Å². The van der Waals surface area contributed by atoms with Crippen LogP contribution >= 0.6 is 11.6 Å². The molecular formula is C24H25ClN2O4S. The molecule has 1 amide bonds. The van der Waals surface area contributed by atoms with Gasteiger partial charge in [-0.05, 0) is 60.5 Å². The Kier molecular flexibility index (Phi) is 7.43. The smallest absolute Gasteiger partial charge is 0.251 e. The molecule has 0 aliphatic rings. The summed E-state index contributed by atoms with van der Waals surface area (Å²) in [5.41, 5.74) is 2.51. The Hall–Kier alpha value is -3.03. The second kappa shape index (κ2) is 10.1. The van der Waals surface area contributed by atoms with E-state index in [1.165, 1.54) is 4.31 Å². The minimum atomic E-state index is -3.56. The quantitative estimate of drug-likeness (QED) is 0.510. The number of benzene rings is 3. The summed E-state index contributed by atoms with van der Waals surface area (Å²) in [6.45, 7) is 1.99. The molecule has 0 saturated heterocycles. The number of nitrogens with one attached hydrogen (secondary N) is 1. The van der Waals surface area contributed by atoms with Gasteiger partial charge in [0.1, 0.15) is 5.75 Å². The van der Waals surface area contributed by atoms with Crippen molar-refractivity contribution in [3.8, 4) is 5.75 Å². The fourth-order valence-electron chi connectivity index (χ4n) is 3.22. The van der Waals surface area contributed by atoms with Gasteiger partial charge in [0, 0.05) is 10.6 Å². The number of ether oxygens (including phenoxy) is 1. The SMILES string of the molecule is COc1ccc(C(C)NC(=O)c2ccc(N(Cc3ccccc3Cl)S(C)(=O)=O)cc2)cc1. The maximum absolute atomic E-state index is 12.7. The molecule has 0 spiro atoms. The lowest BCUT2D eigenvalue weighted by Gasteiger charge is -2.23. The summed E-state index contributed by atoms with van der Waals surface area (Å²) < 4.78 is 31.2. The Bertz CT molecular complexity index is 1180. The zero-order chi connectivity index (χ0) is 23.3. The van der Waals surface area contributed by atoms with E-state index >= 15 is 0 Å². The van der Waals surface area contributed by atoms with Crippen molar-refractivity contribution in [2.24, 2.45) is 0 Å². The van der Waals surface area contributed by atoms with E-state index in [2.05, 4.69) is 5.32 Å². The van der Waals surface area contributed by atoms with Gasteiger partial charge in [-0.25, -0.2) is 8.42 Å². The predicted molar refractivity (Wildman–Crippen MR) is 128 cm³/mol. The zero-order valence-electron chi connectivity index (χ0n) is 18.1. The van der Waals surface area contributed by atoms with Gasteiger partial charge in [0.25, 0.3) is 5.91 Å². The van der Waals surface area contributed by atoms with E-state index in [0.717, 1.165) is 17.6 Å². The number of sulfonamides is 1. The highest BCUT2D eigenvalue weighted by Crippen LogP contribution is 2.25. The van der Waals surface area contributed by atoms with Gasteiger partial charge < -0.3 is 10.1 Å². The van der Waals surface area contributed by atoms with Gasteiger partial charge in [0.2, 0.25) is 10.0 Å². The second-order valence-corrected chi connectivity index (χ2v) is 9.69. The maximum Gasteiger partial charge on any atom is 0.251 e. The van der Waals surface area contributed by atoms with Gasteiger partial charge in [-0.2, -0.15) is 0 Å². The summed E-state index contributed by atoms with van der Waals surface area (Å²) in [5, 5.41) is 3.44. The summed E-state index contributed by atoms with van der Waals surface area (Å²) in [6, 6.07) is 20.8. The molecule has 6 nitrogen and oxygen atoms in total. The fraction of sp³-hybridized carbons (Fsp3) is 0.208. The van der Waals surface area contributed by atoms with Crippen molar-refractivity contribution in [1.29, 1.82) is 0 Å². The summed E-state index contributed by atoms with van der Waals surface area (Å²) in [7, 11) is -1.96. The Morgan fingerprint density at radius 3 is 2.22 bits per heavy atom. The van der Waals surface area contributed by atoms with Crippen molar-refractivity contribution in [3.63, 3.8) is 0 Å². The minimum absolute atomic E-state index is 0.0958. The Balaban J connectivity index is 1.75. The summed E-state index contributed by atoms with van der Waals surface area (Å²) in [5.74, 6) is 0.493. The van der Waals surface area contributed by atoms with Gasteiger partial charge in [-0.15, -0.1) is 0 Å². The van der Waals surface area contributed by atoms with Crippen LogP contribution in [-0.2, 0) is 16.6 Å². The van der Waals surface area contributed by atoms with E-state index in [4.69, 9.17) is 16.3 Å². The molecule has 0 aliphatic carbocycles. The van der Waals surface area contributed by atoms with Crippen molar-refractivity contribution in [3.05, 3.63) is 94.5 Å². The summed E-state index contributed by atoms with van der Waals surface area (Å²) in [6.07, 6.45) is 1.14. The number of hydrogen-bond acceptors (Lipinski definition) is 4. The van der Waals surface area contributed by atoms with Crippen molar-refractivity contribution < 1.29 is 17.9 Å². The molecule has 1 atom stereocenters. The van der Waals surface area contributed by atoms with Crippen LogP contribution in [0.2, 0.25) is 5.02 Å². The zero-order valence-corrected chi connectivity index (χ0v) is 19.7. The Morgan fingerprint density at radius 1 is 1.03 bits per heavy atom. The van der Waals surface area contributed by atoms with Gasteiger partial charge in [0.05, 0.1) is 31.6 Å². The third-order valence-corrected chi connectivity index (χ3v) is 6.56. The van der Waals surface area contributed by atoms with E-state index in [-0.39, 0.29) is 18.5 Å². The van der Waals surface area contributed by atoms with E-state index in [9.17, 15) is 13.2 Å². The molecule has 0 bridgehead atoms. The standard InChI is InChI=1S/C24H25ClN2O4S/c1-17(18-10-14-22(31-2)15-11-18)26-24(28)19-8-12-21(13-9-19)27(32(3,29)30)16-20-6-4-5-7-23(20)25/h4-15,17H,16H2,1-3H3,(H,26,28). The normalized spacial score (nSPS) is 12.1. The van der Waals surface area contributed by atoms with Gasteiger partial charge in [-0.1, -0.05) is 41.9 Å². The first-order valence-corrected chi connectivity index (χ1v) is 12.2. The van der Waals surface area contributed by atoms with Crippen LogP contribution in [0.15, 0.2) is 72.8 Å². The number of anilines is 1. The van der Waals surface area contributed by atoms with Crippen LogP contribution in [-0.4, -0.2) is 27.7 Å². The number of methoxy groups -OCH3 is 1. The highest BCUT2D eigenvalue weighted by molar-refractivity contribution is 7.92. The largest absolute Gasteiger partial charge is 0.497 e. The van der Waals surface area contributed by atoms with Crippen LogP contribution in [0, 0.1) is 0 Å². The third kappa shape index (κ3) is 5.81. The molecule has 3 aromatic rings. The molecular weight excluding hydrogens is 448 g/mol. The first kappa shape index (κ1) is 23.6. The Labute approximate surface area is 193 Å². The molecule has 3 rings (SSSR count). The van der Waals surface area contributed by atoms with Gasteiger partial charge in [-0.3, -0.25) is 9.10 Å². The number of amides is 1. The maximum atomic E-state index is 12.7. The monoisotopic (exact) mass is 472 g/mol. The number of nitrogens with zero attached hydrogens (tertiary/aromatic N) is 1. The van der Waals surface area contributed by atoms with E-state index in [1.807, 2.05) is 31.2 Å². The van der Waals surface area contributed by atoms with Crippen molar-refractivity contribution in [1.82, 2.24) is 5.32 Å². The molecule has 0 heterocycles. The van der Waals surface area contributed by atoms with Crippen molar-refractivity contribution in [2.75, 3.05) is 17.7 Å². The molecule has 8 heteroatoms. The number of rotatable bonds is 8. The number of carbonyl (C=O) groups excluding carboxylic acids is 1. The van der Waals surface area contributed by atoms with Gasteiger partial charge in [0.15, 0.2) is 0 Å². The number of hydrogen-bond donors (Lipinski definition) is 1. The fourth-order valence-corrected chi connectivity index (χ4v) is 4.29. The number of carbonyl (C=O) groups is 1. The van der Waals surface area contributed by atoms with Crippen molar-refractivity contribution in [2.45, 2.75) is 19.5 Å². The van der Waals surface area contributed by atoms with Crippen LogP contribution in [0.1, 0.15) is 34.5 Å². The lowest BCUT2D eigenvalue weighted by atomic mass is 10.1. The molecule has 3 aromatic carbocycles. The van der Waals surface area contributed by atoms with Crippen LogP contribution in [0.5, 0.6) is 5.75 Å². The van der Waals surface area contributed by atoms with Crippen LogP contribution in [0.3, 0.4) is 0 Å². The highest BCUT2D eigenvalue weighted by Gasteiger charge is 2.20. The first-order valence-electron chi connectivity index (χ1n) is 9.95. The molecule has 0 radical (unpaired) electrons. The molecule has 0 fully saturated rings. The first-order chi connectivity index (χ1) is 15.2. The van der Waals surface area contributed by atoms with Crippen LogP contribution in [0.4, 0.5) is 5.69 Å². The van der Waals surface area contributed by atoms with Crippen molar-refractivity contribution >= 4 is 33.2 Å².